The van der Waals surface area contributed by atoms with E-state index in [1.165, 1.54) is 51.7 Å². The Morgan fingerprint density at radius 3 is 2.62 bits per heavy atom. The molecule has 0 amide bonds. The van der Waals surface area contributed by atoms with Crippen LogP contribution in [-0.4, -0.2) is 36.1 Å². The molecule has 1 saturated heterocycles. The van der Waals surface area contributed by atoms with Gasteiger partial charge in [0, 0.05) is 18.1 Å². The number of hydrogen-bond acceptors (Lipinski definition) is 2. The molecule has 2 unspecified atom stereocenters. The number of hydrogen-bond donors (Lipinski definition) is 1. The summed E-state index contributed by atoms with van der Waals surface area (Å²) in [6.45, 7) is 13.0. The summed E-state index contributed by atoms with van der Waals surface area (Å²) in [5.74, 6) is 0. The highest BCUT2D eigenvalue weighted by Gasteiger charge is 2.29. The third-order valence-corrected chi connectivity index (χ3v) is 4.12. The fourth-order valence-electron chi connectivity index (χ4n) is 2.78. The normalized spacial score (nSPS) is 30.0. The Kier molecular flexibility index (Phi) is 5.77. The predicted octanol–water partition coefficient (Wildman–Crippen LogP) is 3.03. The topological polar surface area (TPSA) is 15.3 Å². The quantitative estimate of drug-likeness (QED) is 0.775. The van der Waals surface area contributed by atoms with Crippen LogP contribution in [0.1, 0.15) is 59.8 Å². The van der Waals surface area contributed by atoms with E-state index in [0.29, 0.717) is 5.54 Å². The summed E-state index contributed by atoms with van der Waals surface area (Å²) in [7, 11) is 0. The summed E-state index contributed by atoms with van der Waals surface area (Å²) in [6, 6.07) is 0.802. The standard InChI is InChI=1S/C14H30N2/c1-5-9-13(6-2)16-11-8-10-15-14(4,7-3)12-16/h13,15H,5-12H2,1-4H3. The maximum absolute atomic E-state index is 3.72. The SMILES string of the molecule is CCCC(CC)N1CCCNC(C)(CC)C1. The van der Waals surface area contributed by atoms with Crippen molar-refractivity contribution >= 4 is 0 Å². The molecule has 0 saturated carbocycles. The first-order valence-corrected chi connectivity index (χ1v) is 7.14. The molecule has 1 aliphatic heterocycles. The van der Waals surface area contributed by atoms with Crippen molar-refractivity contribution in [1.82, 2.24) is 10.2 Å². The van der Waals surface area contributed by atoms with E-state index >= 15 is 0 Å². The molecular weight excluding hydrogens is 196 g/mol. The molecule has 0 aliphatic carbocycles. The van der Waals surface area contributed by atoms with E-state index in [9.17, 15) is 0 Å². The van der Waals surface area contributed by atoms with Crippen LogP contribution >= 0.6 is 0 Å². The summed E-state index contributed by atoms with van der Waals surface area (Å²) < 4.78 is 0. The van der Waals surface area contributed by atoms with Crippen molar-refractivity contribution in [2.75, 3.05) is 19.6 Å². The molecule has 2 nitrogen and oxygen atoms in total. The first-order chi connectivity index (χ1) is 7.65. The van der Waals surface area contributed by atoms with Crippen molar-refractivity contribution < 1.29 is 0 Å². The first kappa shape index (κ1) is 14.0. The van der Waals surface area contributed by atoms with Gasteiger partial charge in [-0.3, -0.25) is 4.90 Å². The average Bonchev–Trinajstić information content (AvgIpc) is 2.49. The molecule has 16 heavy (non-hydrogen) atoms. The zero-order valence-electron chi connectivity index (χ0n) is 11.7. The Balaban J connectivity index is 2.62. The van der Waals surface area contributed by atoms with E-state index in [1.807, 2.05) is 0 Å². The highest BCUT2D eigenvalue weighted by molar-refractivity contribution is 4.89. The molecule has 2 heteroatoms. The Morgan fingerprint density at radius 2 is 2.06 bits per heavy atom. The van der Waals surface area contributed by atoms with E-state index in [-0.39, 0.29) is 0 Å². The van der Waals surface area contributed by atoms with Crippen molar-refractivity contribution in [1.29, 1.82) is 0 Å². The maximum Gasteiger partial charge on any atom is 0.0277 e. The summed E-state index contributed by atoms with van der Waals surface area (Å²) in [6.07, 6.45) is 6.50. The molecule has 1 fully saturated rings. The van der Waals surface area contributed by atoms with Gasteiger partial charge in [0.2, 0.25) is 0 Å². The van der Waals surface area contributed by atoms with Crippen molar-refractivity contribution in [2.24, 2.45) is 0 Å². The van der Waals surface area contributed by atoms with Crippen LogP contribution in [0.2, 0.25) is 0 Å². The van der Waals surface area contributed by atoms with Crippen molar-refractivity contribution in [2.45, 2.75) is 71.4 Å². The lowest BCUT2D eigenvalue weighted by Crippen LogP contribution is -2.50. The molecule has 96 valence electrons. The van der Waals surface area contributed by atoms with Crippen LogP contribution in [0, 0.1) is 0 Å². The average molecular weight is 226 g/mol. The fourth-order valence-corrected chi connectivity index (χ4v) is 2.78. The minimum absolute atomic E-state index is 0.331. The van der Waals surface area contributed by atoms with Crippen LogP contribution in [0.25, 0.3) is 0 Å². The minimum Gasteiger partial charge on any atom is -0.310 e. The summed E-state index contributed by atoms with van der Waals surface area (Å²) in [5, 5.41) is 3.72. The van der Waals surface area contributed by atoms with Gasteiger partial charge in [-0.1, -0.05) is 27.2 Å². The lowest BCUT2D eigenvalue weighted by Gasteiger charge is -2.37. The third-order valence-electron chi connectivity index (χ3n) is 4.12. The van der Waals surface area contributed by atoms with Crippen LogP contribution in [-0.2, 0) is 0 Å². The van der Waals surface area contributed by atoms with Gasteiger partial charge in [-0.15, -0.1) is 0 Å². The molecular formula is C14H30N2. The molecule has 1 N–H and O–H groups in total. The zero-order chi connectivity index (χ0) is 12.0. The van der Waals surface area contributed by atoms with Gasteiger partial charge in [0.25, 0.3) is 0 Å². The Hall–Kier alpha value is -0.0800. The predicted molar refractivity (Wildman–Crippen MR) is 71.9 cm³/mol. The Morgan fingerprint density at radius 1 is 1.31 bits per heavy atom. The molecule has 0 aromatic carbocycles. The largest absolute Gasteiger partial charge is 0.310 e. The molecule has 1 aliphatic rings. The maximum atomic E-state index is 3.72. The van der Waals surface area contributed by atoms with Crippen molar-refractivity contribution in [3.8, 4) is 0 Å². The van der Waals surface area contributed by atoms with E-state index < -0.39 is 0 Å². The van der Waals surface area contributed by atoms with Gasteiger partial charge in [0.1, 0.15) is 0 Å². The van der Waals surface area contributed by atoms with E-state index in [1.54, 1.807) is 0 Å². The molecule has 0 aromatic rings. The van der Waals surface area contributed by atoms with Crippen LogP contribution in [0.15, 0.2) is 0 Å². The Labute approximate surface area is 102 Å². The van der Waals surface area contributed by atoms with Crippen LogP contribution in [0.4, 0.5) is 0 Å². The van der Waals surface area contributed by atoms with Gasteiger partial charge in [0.05, 0.1) is 0 Å². The second-order valence-electron chi connectivity index (χ2n) is 5.52. The molecule has 0 aromatic heterocycles. The van der Waals surface area contributed by atoms with Gasteiger partial charge in [-0.2, -0.15) is 0 Å². The fraction of sp³-hybridized carbons (Fsp3) is 1.00. The van der Waals surface area contributed by atoms with Gasteiger partial charge in [0.15, 0.2) is 0 Å². The van der Waals surface area contributed by atoms with Crippen LogP contribution < -0.4 is 5.32 Å². The van der Waals surface area contributed by atoms with Gasteiger partial charge >= 0.3 is 0 Å². The smallest absolute Gasteiger partial charge is 0.0277 e. The summed E-state index contributed by atoms with van der Waals surface area (Å²) in [5.41, 5.74) is 0.331. The van der Waals surface area contributed by atoms with E-state index in [2.05, 4.69) is 37.9 Å². The highest BCUT2D eigenvalue weighted by Crippen LogP contribution is 2.20. The number of nitrogens with one attached hydrogen (secondary N) is 1. The third kappa shape index (κ3) is 3.74. The van der Waals surface area contributed by atoms with Crippen LogP contribution in [0.5, 0.6) is 0 Å². The van der Waals surface area contributed by atoms with Crippen molar-refractivity contribution in [3.05, 3.63) is 0 Å². The van der Waals surface area contributed by atoms with Gasteiger partial charge in [-0.05, 0) is 45.7 Å². The molecule has 2 atom stereocenters. The Bertz CT molecular complexity index is 193. The van der Waals surface area contributed by atoms with E-state index in [0.717, 1.165) is 6.04 Å². The van der Waals surface area contributed by atoms with Gasteiger partial charge < -0.3 is 5.32 Å². The second kappa shape index (κ2) is 6.61. The highest BCUT2D eigenvalue weighted by atomic mass is 15.2. The van der Waals surface area contributed by atoms with E-state index in [4.69, 9.17) is 0 Å². The minimum atomic E-state index is 0.331. The summed E-state index contributed by atoms with van der Waals surface area (Å²) in [4.78, 5) is 2.73. The van der Waals surface area contributed by atoms with Gasteiger partial charge in [-0.25, -0.2) is 0 Å². The number of nitrogens with zero attached hydrogens (tertiary/aromatic N) is 1. The van der Waals surface area contributed by atoms with Crippen molar-refractivity contribution in [3.63, 3.8) is 0 Å². The molecule has 0 spiro atoms. The number of rotatable bonds is 5. The lowest BCUT2D eigenvalue weighted by molar-refractivity contribution is 0.148. The first-order valence-electron chi connectivity index (χ1n) is 7.14. The second-order valence-corrected chi connectivity index (χ2v) is 5.52. The monoisotopic (exact) mass is 226 g/mol. The lowest BCUT2D eigenvalue weighted by atomic mass is 9.97. The molecule has 1 rings (SSSR count). The zero-order valence-corrected chi connectivity index (χ0v) is 11.7. The van der Waals surface area contributed by atoms with Crippen LogP contribution in [0.3, 0.4) is 0 Å². The summed E-state index contributed by atoms with van der Waals surface area (Å²) >= 11 is 0. The molecule has 0 radical (unpaired) electrons. The molecule has 0 bridgehead atoms. The molecule has 1 heterocycles.